The van der Waals surface area contributed by atoms with Crippen LogP contribution in [0.2, 0.25) is 0 Å². The summed E-state index contributed by atoms with van der Waals surface area (Å²) < 4.78 is 0. The lowest BCUT2D eigenvalue weighted by atomic mass is 9.98. The molecule has 0 fully saturated rings. The second-order valence-electron chi connectivity index (χ2n) is 4.51. The first-order valence-electron chi connectivity index (χ1n) is 6.31. The molecule has 2 rings (SSSR count). The summed E-state index contributed by atoms with van der Waals surface area (Å²) in [6.07, 6.45) is 2.76. The molecule has 1 aromatic rings. The highest BCUT2D eigenvalue weighted by Gasteiger charge is 2.26. The van der Waals surface area contributed by atoms with Crippen LogP contribution >= 0.6 is 0 Å². The van der Waals surface area contributed by atoms with Gasteiger partial charge in [0.15, 0.2) is 0 Å². The van der Waals surface area contributed by atoms with Crippen molar-refractivity contribution < 1.29 is 9.90 Å². The highest BCUT2D eigenvalue weighted by Crippen LogP contribution is 2.33. The van der Waals surface area contributed by atoms with Gasteiger partial charge in [0.2, 0.25) is 5.91 Å². The van der Waals surface area contributed by atoms with Gasteiger partial charge in [-0.2, -0.15) is 0 Å². The van der Waals surface area contributed by atoms with Crippen LogP contribution < -0.4 is 4.90 Å². The fourth-order valence-electron chi connectivity index (χ4n) is 2.26. The number of hydrogen-bond donors (Lipinski definition) is 1. The molecule has 1 aromatic carbocycles. The molecule has 1 unspecified atom stereocenters. The summed E-state index contributed by atoms with van der Waals surface area (Å²) in [6, 6.07) is 7.64. The second-order valence-corrected chi connectivity index (χ2v) is 4.51. The van der Waals surface area contributed by atoms with Gasteiger partial charge in [-0.15, -0.1) is 0 Å². The molecule has 0 saturated carbocycles. The third kappa shape index (κ3) is 2.50. The van der Waals surface area contributed by atoms with Crippen molar-refractivity contribution in [1.82, 2.24) is 0 Å². The molecule has 1 N–H and O–H groups in total. The van der Waals surface area contributed by atoms with E-state index in [1.54, 1.807) is 0 Å². The fourth-order valence-corrected chi connectivity index (χ4v) is 2.26. The number of aliphatic hydroxyl groups excluding tert-OH is 1. The number of anilines is 1. The minimum Gasteiger partial charge on any atom is -0.388 e. The van der Waals surface area contributed by atoms with Gasteiger partial charge in [-0.1, -0.05) is 31.5 Å². The lowest BCUT2D eigenvalue weighted by Crippen LogP contribution is -2.36. The number of rotatable bonds is 3. The number of unbranched alkanes of at least 4 members (excludes halogenated alkanes) is 1. The molecule has 1 aliphatic heterocycles. The normalized spacial score (nSPS) is 18.9. The molecular formula is C14H19NO2. The van der Waals surface area contributed by atoms with Crippen LogP contribution in [0, 0.1) is 0 Å². The minimum absolute atomic E-state index is 0.172. The summed E-state index contributed by atoms with van der Waals surface area (Å²) in [5.74, 6) is 0.172. The lowest BCUT2D eigenvalue weighted by molar-refractivity contribution is -0.118. The number of aliphatic hydroxyl groups is 1. The Morgan fingerprint density at radius 1 is 1.47 bits per heavy atom. The molecule has 1 atom stereocenters. The fraction of sp³-hybridized carbons (Fsp3) is 0.500. The van der Waals surface area contributed by atoms with Crippen molar-refractivity contribution in [2.45, 2.75) is 38.7 Å². The van der Waals surface area contributed by atoms with Gasteiger partial charge in [-0.25, -0.2) is 0 Å². The molecule has 0 aliphatic carbocycles. The Hall–Kier alpha value is -1.35. The number of hydrogen-bond acceptors (Lipinski definition) is 2. The van der Waals surface area contributed by atoms with Crippen molar-refractivity contribution in [3.05, 3.63) is 29.8 Å². The van der Waals surface area contributed by atoms with E-state index in [0.717, 1.165) is 24.1 Å². The summed E-state index contributed by atoms with van der Waals surface area (Å²) in [5.41, 5.74) is 1.76. The maximum atomic E-state index is 12.1. The van der Waals surface area contributed by atoms with Crippen LogP contribution in [0.15, 0.2) is 24.3 Å². The zero-order chi connectivity index (χ0) is 12.3. The summed E-state index contributed by atoms with van der Waals surface area (Å²) in [7, 11) is 0. The van der Waals surface area contributed by atoms with Crippen molar-refractivity contribution >= 4 is 11.6 Å². The first kappa shape index (κ1) is 12.1. The minimum atomic E-state index is -0.429. The highest BCUT2D eigenvalue weighted by molar-refractivity contribution is 5.94. The van der Waals surface area contributed by atoms with E-state index >= 15 is 0 Å². The number of para-hydroxylation sites is 1. The Morgan fingerprint density at radius 2 is 2.24 bits per heavy atom. The molecule has 3 heteroatoms. The van der Waals surface area contributed by atoms with E-state index in [-0.39, 0.29) is 5.91 Å². The lowest BCUT2D eigenvalue weighted by Gasteiger charge is -2.32. The molecule has 0 spiro atoms. The summed E-state index contributed by atoms with van der Waals surface area (Å²) in [6.45, 7) is 2.71. The van der Waals surface area contributed by atoms with Gasteiger partial charge >= 0.3 is 0 Å². The van der Waals surface area contributed by atoms with Crippen LogP contribution in [-0.4, -0.2) is 17.6 Å². The van der Waals surface area contributed by atoms with Crippen LogP contribution in [-0.2, 0) is 4.79 Å². The molecule has 17 heavy (non-hydrogen) atoms. The molecule has 92 valence electrons. The molecule has 0 saturated heterocycles. The largest absolute Gasteiger partial charge is 0.388 e. The SMILES string of the molecule is CCCCC(=O)N1CCC(O)c2ccccc21. The second kappa shape index (κ2) is 5.32. The van der Waals surface area contributed by atoms with Gasteiger partial charge in [0, 0.05) is 24.2 Å². The monoisotopic (exact) mass is 233 g/mol. The summed E-state index contributed by atoms with van der Waals surface area (Å²) in [5, 5.41) is 9.90. The van der Waals surface area contributed by atoms with Crippen molar-refractivity contribution in [3.63, 3.8) is 0 Å². The first-order valence-corrected chi connectivity index (χ1v) is 6.31. The third-order valence-corrected chi connectivity index (χ3v) is 3.26. The van der Waals surface area contributed by atoms with Crippen molar-refractivity contribution in [3.8, 4) is 0 Å². The highest BCUT2D eigenvalue weighted by atomic mass is 16.3. The van der Waals surface area contributed by atoms with E-state index in [2.05, 4.69) is 6.92 Å². The average molecular weight is 233 g/mol. The molecule has 1 aliphatic rings. The van der Waals surface area contributed by atoms with Crippen LogP contribution in [0.1, 0.15) is 44.3 Å². The Morgan fingerprint density at radius 3 is 3.00 bits per heavy atom. The average Bonchev–Trinajstić information content (AvgIpc) is 2.37. The Labute approximate surface area is 102 Å². The van der Waals surface area contributed by atoms with Gasteiger partial charge < -0.3 is 10.0 Å². The third-order valence-electron chi connectivity index (χ3n) is 3.26. The Balaban J connectivity index is 2.21. The van der Waals surface area contributed by atoms with Crippen molar-refractivity contribution in [1.29, 1.82) is 0 Å². The Bertz CT molecular complexity index is 403. The van der Waals surface area contributed by atoms with Crippen molar-refractivity contribution in [2.75, 3.05) is 11.4 Å². The summed E-state index contributed by atoms with van der Waals surface area (Å²) in [4.78, 5) is 13.9. The molecule has 0 bridgehead atoms. The van der Waals surface area contributed by atoms with Gasteiger partial charge in [-0.05, 0) is 18.9 Å². The van der Waals surface area contributed by atoms with Gasteiger partial charge in [0.25, 0.3) is 0 Å². The molecule has 0 radical (unpaired) electrons. The smallest absolute Gasteiger partial charge is 0.226 e. The van der Waals surface area contributed by atoms with E-state index in [4.69, 9.17) is 0 Å². The van der Waals surface area contributed by atoms with Crippen LogP contribution in [0.5, 0.6) is 0 Å². The molecule has 3 nitrogen and oxygen atoms in total. The molecule has 1 amide bonds. The maximum absolute atomic E-state index is 12.1. The van der Waals surface area contributed by atoms with Crippen LogP contribution in [0.25, 0.3) is 0 Å². The number of benzene rings is 1. The first-order chi connectivity index (χ1) is 8.24. The topological polar surface area (TPSA) is 40.5 Å². The van der Waals surface area contributed by atoms with Crippen LogP contribution in [0.4, 0.5) is 5.69 Å². The van der Waals surface area contributed by atoms with Gasteiger partial charge in [0.1, 0.15) is 0 Å². The maximum Gasteiger partial charge on any atom is 0.226 e. The number of fused-ring (bicyclic) bond motifs is 1. The predicted octanol–water partition coefficient (Wildman–Crippen LogP) is 2.65. The van der Waals surface area contributed by atoms with E-state index in [1.807, 2.05) is 29.2 Å². The zero-order valence-electron chi connectivity index (χ0n) is 10.2. The van der Waals surface area contributed by atoms with E-state index < -0.39 is 6.10 Å². The Kier molecular flexibility index (Phi) is 3.79. The number of carbonyl (C=O) groups is 1. The molecule has 1 heterocycles. The quantitative estimate of drug-likeness (QED) is 0.872. The summed E-state index contributed by atoms with van der Waals surface area (Å²) >= 11 is 0. The van der Waals surface area contributed by atoms with Crippen LogP contribution in [0.3, 0.4) is 0 Å². The zero-order valence-corrected chi connectivity index (χ0v) is 10.2. The number of amides is 1. The molecule has 0 aromatic heterocycles. The van der Waals surface area contributed by atoms with E-state index in [0.29, 0.717) is 19.4 Å². The van der Waals surface area contributed by atoms with Crippen molar-refractivity contribution in [2.24, 2.45) is 0 Å². The van der Waals surface area contributed by atoms with Gasteiger partial charge in [0.05, 0.1) is 6.10 Å². The standard InChI is InChI=1S/C14H19NO2/c1-2-3-8-14(17)15-10-9-13(16)11-6-4-5-7-12(11)15/h4-7,13,16H,2-3,8-10H2,1H3. The number of carbonyl (C=O) groups excluding carboxylic acids is 1. The van der Waals surface area contributed by atoms with E-state index in [1.165, 1.54) is 0 Å². The van der Waals surface area contributed by atoms with E-state index in [9.17, 15) is 9.90 Å². The van der Waals surface area contributed by atoms with Gasteiger partial charge in [-0.3, -0.25) is 4.79 Å². The molecular weight excluding hydrogens is 214 g/mol. The predicted molar refractivity (Wildman–Crippen MR) is 67.9 cm³/mol. The number of nitrogens with zero attached hydrogens (tertiary/aromatic N) is 1.